The van der Waals surface area contributed by atoms with Gasteiger partial charge in [-0.2, -0.15) is 0 Å². The van der Waals surface area contributed by atoms with Crippen LogP contribution in [-0.4, -0.2) is 41.1 Å². The molecule has 1 N–H and O–H groups in total. The molecule has 126 valence electrons. The van der Waals surface area contributed by atoms with Crippen LogP contribution in [0.1, 0.15) is 60.8 Å². The number of carbonyl (C=O) groups excluding carboxylic acids is 2. The van der Waals surface area contributed by atoms with E-state index in [1.165, 1.54) is 0 Å². The fourth-order valence-corrected chi connectivity index (χ4v) is 3.51. The van der Waals surface area contributed by atoms with Crippen LogP contribution in [0.2, 0.25) is 0 Å². The molecular weight excluding hydrogens is 280 g/mol. The molecule has 0 aromatic carbocycles. The van der Waals surface area contributed by atoms with E-state index in [-0.39, 0.29) is 28.9 Å². The number of likely N-dealkylation sites (tertiary alicyclic amines) is 1. The second-order valence-corrected chi connectivity index (χ2v) is 9.09. The fraction of sp³-hybridized carbons (Fsp3) is 0.882. The average molecular weight is 310 g/mol. The molecule has 1 spiro atoms. The van der Waals surface area contributed by atoms with Gasteiger partial charge in [0.25, 0.3) is 0 Å². The minimum absolute atomic E-state index is 0.0542. The topological polar surface area (TPSA) is 58.6 Å². The first-order valence-electron chi connectivity index (χ1n) is 8.19. The predicted octanol–water partition coefficient (Wildman–Crippen LogP) is 2.94. The Morgan fingerprint density at radius 1 is 1.32 bits per heavy atom. The van der Waals surface area contributed by atoms with E-state index in [1.54, 1.807) is 4.90 Å². The zero-order valence-corrected chi connectivity index (χ0v) is 14.8. The molecule has 2 saturated heterocycles. The lowest BCUT2D eigenvalue weighted by Gasteiger charge is -2.27. The molecule has 2 aliphatic rings. The lowest BCUT2D eigenvalue weighted by atomic mass is 9.81. The first-order chi connectivity index (χ1) is 9.89. The van der Waals surface area contributed by atoms with Gasteiger partial charge in [-0.15, -0.1) is 0 Å². The molecule has 0 bridgehead atoms. The van der Waals surface area contributed by atoms with Crippen molar-refractivity contribution in [3.05, 3.63) is 0 Å². The second-order valence-electron chi connectivity index (χ2n) is 9.09. The first kappa shape index (κ1) is 17.1. The zero-order valence-electron chi connectivity index (χ0n) is 14.8. The minimum atomic E-state index is -0.486. The molecule has 2 unspecified atom stereocenters. The number of carbonyl (C=O) groups is 2. The molecule has 5 heteroatoms. The Kier molecular flexibility index (Phi) is 4.22. The predicted molar refractivity (Wildman–Crippen MR) is 85.5 cm³/mol. The van der Waals surface area contributed by atoms with E-state index >= 15 is 0 Å². The van der Waals surface area contributed by atoms with E-state index in [4.69, 9.17) is 4.74 Å². The molecule has 2 fully saturated rings. The van der Waals surface area contributed by atoms with Gasteiger partial charge in [-0.3, -0.25) is 4.79 Å². The highest BCUT2D eigenvalue weighted by atomic mass is 16.6. The average Bonchev–Trinajstić information content (AvgIpc) is 2.80. The molecule has 0 aromatic heterocycles. The summed E-state index contributed by atoms with van der Waals surface area (Å²) in [4.78, 5) is 26.2. The van der Waals surface area contributed by atoms with Crippen molar-refractivity contribution in [2.75, 3.05) is 13.1 Å². The largest absolute Gasteiger partial charge is 0.444 e. The Morgan fingerprint density at radius 3 is 2.50 bits per heavy atom. The summed E-state index contributed by atoms with van der Waals surface area (Å²) >= 11 is 0. The van der Waals surface area contributed by atoms with Gasteiger partial charge in [0.05, 0.1) is 5.54 Å². The molecule has 2 heterocycles. The van der Waals surface area contributed by atoms with Crippen LogP contribution in [0.4, 0.5) is 4.79 Å². The van der Waals surface area contributed by atoms with Crippen molar-refractivity contribution in [2.24, 2.45) is 11.3 Å². The van der Waals surface area contributed by atoms with Gasteiger partial charge in [0.15, 0.2) is 0 Å². The number of rotatable bonds is 1. The molecule has 0 aliphatic carbocycles. The summed E-state index contributed by atoms with van der Waals surface area (Å²) in [5, 5.41) is 3.16. The van der Waals surface area contributed by atoms with Crippen molar-refractivity contribution in [1.82, 2.24) is 10.2 Å². The number of amides is 2. The van der Waals surface area contributed by atoms with Gasteiger partial charge in [0.2, 0.25) is 5.91 Å². The Bertz CT molecular complexity index is 462. The molecule has 0 aromatic rings. The highest BCUT2D eigenvalue weighted by Gasteiger charge is 2.50. The van der Waals surface area contributed by atoms with Gasteiger partial charge in [-0.05, 0) is 45.4 Å². The van der Waals surface area contributed by atoms with Crippen LogP contribution in [0, 0.1) is 11.3 Å². The van der Waals surface area contributed by atoms with Crippen molar-refractivity contribution in [2.45, 2.75) is 71.9 Å². The van der Waals surface area contributed by atoms with E-state index < -0.39 is 5.60 Å². The van der Waals surface area contributed by atoms with Gasteiger partial charge in [0, 0.05) is 19.0 Å². The summed E-state index contributed by atoms with van der Waals surface area (Å²) in [6.45, 7) is 13.3. The third kappa shape index (κ3) is 4.14. The molecule has 2 rings (SSSR count). The number of hydrogen-bond acceptors (Lipinski definition) is 3. The lowest BCUT2D eigenvalue weighted by molar-refractivity contribution is -0.123. The van der Waals surface area contributed by atoms with Crippen LogP contribution in [0.25, 0.3) is 0 Å². The van der Waals surface area contributed by atoms with Crippen molar-refractivity contribution in [1.29, 1.82) is 0 Å². The molecular formula is C17H30N2O3. The smallest absolute Gasteiger partial charge is 0.410 e. The monoisotopic (exact) mass is 310 g/mol. The summed E-state index contributed by atoms with van der Waals surface area (Å²) in [6, 6.07) is 0. The maximum atomic E-state index is 12.3. The second kappa shape index (κ2) is 5.43. The lowest BCUT2D eigenvalue weighted by Crippen LogP contribution is -2.45. The molecule has 2 amide bonds. The highest BCUT2D eigenvalue weighted by Crippen LogP contribution is 2.39. The highest BCUT2D eigenvalue weighted by molar-refractivity contribution is 5.82. The van der Waals surface area contributed by atoms with Crippen LogP contribution < -0.4 is 5.32 Å². The SMILES string of the molecule is CC(C)(C)CC1CC2(CCN(C(=O)OC(C)(C)C)C2)NC1=O. The first-order valence-corrected chi connectivity index (χ1v) is 8.19. The van der Waals surface area contributed by atoms with Crippen LogP contribution in [0.3, 0.4) is 0 Å². The summed E-state index contributed by atoms with van der Waals surface area (Å²) < 4.78 is 5.43. The van der Waals surface area contributed by atoms with E-state index in [9.17, 15) is 9.59 Å². The van der Waals surface area contributed by atoms with E-state index in [0.717, 1.165) is 19.3 Å². The van der Waals surface area contributed by atoms with Crippen molar-refractivity contribution < 1.29 is 14.3 Å². The third-order valence-corrected chi connectivity index (χ3v) is 4.26. The van der Waals surface area contributed by atoms with Crippen molar-refractivity contribution >= 4 is 12.0 Å². The minimum Gasteiger partial charge on any atom is -0.444 e. The zero-order chi connectivity index (χ0) is 16.8. The number of ether oxygens (including phenoxy) is 1. The van der Waals surface area contributed by atoms with Gasteiger partial charge in [0.1, 0.15) is 5.60 Å². The van der Waals surface area contributed by atoms with Crippen molar-refractivity contribution in [3.63, 3.8) is 0 Å². The molecule has 5 nitrogen and oxygen atoms in total. The molecule has 2 aliphatic heterocycles. The quantitative estimate of drug-likeness (QED) is 0.810. The maximum absolute atomic E-state index is 12.3. The summed E-state index contributed by atoms with van der Waals surface area (Å²) in [6.07, 6.45) is 2.24. The van der Waals surface area contributed by atoms with Crippen LogP contribution in [0.5, 0.6) is 0 Å². The Morgan fingerprint density at radius 2 is 1.95 bits per heavy atom. The number of nitrogens with zero attached hydrogens (tertiary/aromatic N) is 1. The molecule has 2 atom stereocenters. The van der Waals surface area contributed by atoms with E-state index in [1.807, 2.05) is 20.8 Å². The van der Waals surface area contributed by atoms with E-state index in [0.29, 0.717) is 13.1 Å². The normalized spacial score (nSPS) is 29.1. The van der Waals surface area contributed by atoms with Gasteiger partial charge in [-0.25, -0.2) is 4.79 Å². The maximum Gasteiger partial charge on any atom is 0.410 e. The van der Waals surface area contributed by atoms with Gasteiger partial charge < -0.3 is 15.0 Å². The standard InChI is InChI=1S/C17H30N2O3/c1-15(2,3)9-12-10-17(18-13(12)20)7-8-19(11-17)14(21)22-16(4,5)6/h12H,7-11H2,1-6H3,(H,18,20). The third-order valence-electron chi connectivity index (χ3n) is 4.26. The fourth-order valence-electron chi connectivity index (χ4n) is 3.51. The van der Waals surface area contributed by atoms with Gasteiger partial charge in [-0.1, -0.05) is 20.8 Å². The summed E-state index contributed by atoms with van der Waals surface area (Å²) in [5.41, 5.74) is -0.596. The van der Waals surface area contributed by atoms with E-state index in [2.05, 4.69) is 26.1 Å². The summed E-state index contributed by atoms with van der Waals surface area (Å²) in [5.74, 6) is 0.194. The van der Waals surface area contributed by atoms with Gasteiger partial charge >= 0.3 is 6.09 Å². The van der Waals surface area contributed by atoms with Crippen LogP contribution in [0.15, 0.2) is 0 Å². The van der Waals surface area contributed by atoms with Crippen LogP contribution in [-0.2, 0) is 9.53 Å². The van der Waals surface area contributed by atoms with Crippen molar-refractivity contribution in [3.8, 4) is 0 Å². The van der Waals surface area contributed by atoms with Crippen LogP contribution >= 0.6 is 0 Å². The molecule has 22 heavy (non-hydrogen) atoms. The summed E-state index contributed by atoms with van der Waals surface area (Å²) in [7, 11) is 0. The Balaban J connectivity index is 1.98. The number of hydrogen-bond donors (Lipinski definition) is 1. The Hall–Kier alpha value is -1.26. The Labute approximate surface area is 133 Å². The molecule has 0 radical (unpaired) electrons. The number of nitrogens with one attached hydrogen (secondary N) is 1. The molecule has 0 saturated carbocycles.